The lowest BCUT2D eigenvalue weighted by Crippen LogP contribution is -2.30. The Morgan fingerprint density at radius 3 is 2.89 bits per heavy atom. The fourth-order valence-electron chi connectivity index (χ4n) is 1.97. The molecule has 0 aliphatic carbocycles. The molecule has 4 heteroatoms. The van der Waals surface area contributed by atoms with E-state index >= 15 is 0 Å². The molecular weight excluding hydrogens is 260 g/mol. The van der Waals surface area contributed by atoms with Crippen molar-refractivity contribution in [2.24, 2.45) is 0 Å². The lowest BCUT2D eigenvalue weighted by molar-refractivity contribution is 0.531. The Kier molecular flexibility index (Phi) is 5.47. The summed E-state index contributed by atoms with van der Waals surface area (Å²) in [5.41, 5.74) is 1.13. The number of rotatable bonds is 7. The van der Waals surface area contributed by atoms with E-state index in [2.05, 4.69) is 48.4 Å². The Labute approximate surface area is 117 Å². The molecule has 0 spiro atoms. The second-order valence-corrected chi connectivity index (χ2v) is 6.60. The minimum atomic E-state index is 0.608. The maximum Gasteiger partial charge on any atom is 0.151 e. The maximum absolute atomic E-state index is 4.66. The van der Waals surface area contributed by atoms with Crippen LogP contribution in [0.5, 0.6) is 0 Å². The van der Waals surface area contributed by atoms with Crippen molar-refractivity contribution < 1.29 is 0 Å². The Bertz CT molecular complexity index is 442. The lowest BCUT2D eigenvalue weighted by Gasteiger charge is -2.15. The average Bonchev–Trinajstić information content (AvgIpc) is 2.79. The van der Waals surface area contributed by atoms with Crippen molar-refractivity contribution in [1.82, 2.24) is 10.3 Å². The molecule has 1 unspecified atom stereocenters. The molecule has 1 aromatic heterocycles. The molecular formula is C14H20N2S2. The number of hydrogen-bond acceptors (Lipinski definition) is 4. The molecule has 1 aromatic carbocycles. The highest BCUT2D eigenvalue weighted by Crippen LogP contribution is 2.29. The Hall–Kier alpha value is -0.580. The van der Waals surface area contributed by atoms with Gasteiger partial charge in [-0.3, -0.25) is 0 Å². The summed E-state index contributed by atoms with van der Waals surface area (Å²) in [7, 11) is 0. The lowest BCUT2D eigenvalue weighted by atomic mass is 10.2. The van der Waals surface area contributed by atoms with Crippen LogP contribution in [0, 0.1) is 0 Å². The first-order valence-electron chi connectivity index (χ1n) is 6.55. The summed E-state index contributed by atoms with van der Waals surface area (Å²) in [6.07, 6.45) is 2.48. The quantitative estimate of drug-likeness (QED) is 0.771. The van der Waals surface area contributed by atoms with Crippen LogP contribution in [-0.2, 0) is 0 Å². The SMILES string of the molecule is CCCC(CSc1nc2ccccc2s1)NCC. The first-order chi connectivity index (χ1) is 8.83. The largest absolute Gasteiger partial charge is 0.313 e. The smallest absolute Gasteiger partial charge is 0.151 e. The van der Waals surface area contributed by atoms with Gasteiger partial charge < -0.3 is 5.32 Å². The normalized spacial score (nSPS) is 13.0. The number of thiazole rings is 1. The molecule has 1 atom stereocenters. The van der Waals surface area contributed by atoms with E-state index in [1.165, 1.54) is 21.9 Å². The summed E-state index contributed by atoms with van der Waals surface area (Å²) >= 11 is 3.68. The summed E-state index contributed by atoms with van der Waals surface area (Å²) in [6.45, 7) is 5.46. The summed E-state index contributed by atoms with van der Waals surface area (Å²) in [5, 5.41) is 3.54. The van der Waals surface area contributed by atoms with Crippen molar-refractivity contribution in [3.8, 4) is 0 Å². The van der Waals surface area contributed by atoms with E-state index in [1.807, 2.05) is 11.8 Å². The van der Waals surface area contributed by atoms with Crippen LogP contribution in [0.1, 0.15) is 26.7 Å². The summed E-state index contributed by atoms with van der Waals surface area (Å²) in [4.78, 5) is 4.66. The van der Waals surface area contributed by atoms with Gasteiger partial charge >= 0.3 is 0 Å². The van der Waals surface area contributed by atoms with Crippen LogP contribution in [0.4, 0.5) is 0 Å². The van der Waals surface area contributed by atoms with Gasteiger partial charge in [-0.15, -0.1) is 11.3 Å². The van der Waals surface area contributed by atoms with Crippen molar-refractivity contribution in [1.29, 1.82) is 0 Å². The molecule has 18 heavy (non-hydrogen) atoms. The minimum absolute atomic E-state index is 0.608. The second kappa shape index (κ2) is 7.12. The molecule has 0 radical (unpaired) electrons. The number of para-hydroxylation sites is 1. The molecule has 0 saturated heterocycles. The van der Waals surface area contributed by atoms with E-state index in [0.717, 1.165) is 17.8 Å². The summed E-state index contributed by atoms with van der Waals surface area (Å²) < 4.78 is 2.48. The van der Waals surface area contributed by atoms with Crippen molar-refractivity contribution in [3.63, 3.8) is 0 Å². The van der Waals surface area contributed by atoms with Gasteiger partial charge in [-0.25, -0.2) is 4.98 Å². The Morgan fingerprint density at radius 2 is 2.17 bits per heavy atom. The van der Waals surface area contributed by atoms with E-state index in [9.17, 15) is 0 Å². The van der Waals surface area contributed by atoms with Gasteiger partial charge in [-0.05, 0) is 25.1 Å². The van der Waals surface area contributed by atoms with Crippen LogP contribution in [-0.4, -0.2) is 23.3 Å². The molecule has 0 aliphatic heterocycles. The third-order valence-electron chi connectivity index (χ3n) is 2.81. The van der Waals surface area contributed by atoms with Crippen molar-refractivity contribution in [3.05, 3.63) is 24.3 Å². The van der Waals surface area contributed by atoms with E-state index in [4.69, 9.17) is 0 Å². The zero-order chi connectivity index (χ0) is 12.8. The maximum atomic E-state index is 4.66. The van der Waals surface area contributed by atoms with Gasteiger partial charge in [0, 0.05) is 11.8 Å². The zero-order valence-electron chi connectivity index (χ0n) is 11.0. The number of aromatic nitrogens is 1. The molecule has 2 aromatic rings. The fourth-order valence-corrected chi connectivity index (χ4v) is 4.16. The Morgan fingerprint density at radius 1 is 1.33 bits per heavy atom. The van der Waals surface area contributed by atoms with Gasteiger partial charge in [0.25, 0.3) is 0 Å². The van der Waals surface area contributed by atoms with E-state index in [0.29, 0.717) is 6.04 Å². The molecule has 0 amide bonds. The van der Waals surface area contributed by atoms with Crippen LogP contribution in [0.3, 0.4) is 0 Å². The van der Waals surface area contributed by atoms with Gasteiger partial charge in [0.15, 0.2) is 4.34 Å². The predicted molar refractivity (Wildman–Crippen MR) is 82.7 cm³/mol. The number of nitrogens with zero attached hydrogens (tertiary/aromatic N) is 1. The molecule has 2 rings (SSSR count). The number of hydrogen-bond donors (Lipinski definition) is 1. The van der Waals surface area contributed by atoms with Crippen molar-refractivity contribution >= 4 is 33.3 Å². The molecule has 0 fully saturated rings. The van der Waals surface area contributed by atoms with Gasteiger partial charge in [0.05, 0.1) is 10.2 Å². The number of benzene rings is 1. The van der Waals surface area contributed by atoms with Crippen LogP contribution in [0.2, 0.25) is 0 Å². The van der Waals surface area contributed by atoms with Gasteiger partial charge in [0.1, 0.15) is 0 Å². The molecule has 98 valence electrons. The highest BCUT2D eigenvalue weighted by atomic mass is 32.2. The summed E-state index contributed by atoms with van der Waals surface area (Å²) in [5.74, 6) is 1.11. The van der Waals surface area contributed by atoms with Crippen LogP contribution in [0.15, 0.2) is 28.6 Å². The minimum Gasteiger partial charge on any atom is -0.313 e. The van der Waals surface area contributed by atoms with Gasteiger partial charge in [0.2, 0.25) is 0 Å². The summed E-state index contributed by atoms with van der Waals surface area (Å²) in [6, 6.07) is 8.97. The van der Waals surface area contributed by atoms with E-state index < -0.39 is 0 Å². The topological polar surface area (TPSA) is 24.9 Å². The Balaban J connectivity index is 1.95. The highest BCUT2D eigenvalue weighted by molar-refractivity contribution is 8.01. The van der Waals surface area contributed by atoms with E-state index in [1.54, 1.807) is 11.3 Å². The van der Waals surface area contributed by atoms with E-state index in [-0.39, 0.29) is 0 Å². The van der Waals surface area contributed by atoms with Gasteiger partial charge in [-0.2, -0.15) is 0 Å². The monoisotopic (exact) mass is 280 g/mol. The highest BCUT2D eigenvalue weighted by Gasteiger charge is 2.09. The molecule has 0 bridgehead atoms. The second-order valence-electron chi connectivity index (χ2n) is 4.30. The van der Waals surface area contributed by atoms with Crippen LogP contribution in [0.25, 0.3) is 10.2 Å². The first kappa shape index (κ1) is 13.8. The third-order valence-corrected chi connectivity index (χ3v) is 5.15. The third kappa shape index (κ3) is 3.70. The first-order valence-corrected chi connectivity index (χ1v) is 8.35. The molecule has 2 nitrogen and oxygen atoms in total. The molecule has 0 saturated carbocycles. The zero-order valence-corrected chi connectivity index (χ0v) is 12.6. The fraction of sp³-hybridized carbons (Fsp3) is 0.500. The standard InChI is InChI=1S/C14H20N2S2/c1-3-7-11(15-4-2)10-17-14-16-12-8-5-6-9-13(12)18-14/h5-6,8-9,11,15H,3-4,7,10H2,1-2H3. The average molecular weight is 280 g/mol. The van der Waals surface area contributed by atoms with Crippen LogP contribution < -0.4 is 5.32 Å². The number of fused-ring (bicyclic) bond motifs is 1. The number of nitrogens with one attached hydrogen (secondary N) is 1. The van der Waals surface area contributed by atoms with Crippen molar-refractivity contribution in [2.45, 2.75) is 37.1 Å². The van der Waals surface area contributed by atoms with Crippen molar-refractivity contribution in [2.75, 3.05) is 12.3 Å². The predicted octanol–water partition coefficient (Wildman–Crippen LogP) is 4.17. The molecule has 1 heterocycles. The van der Waals surface area contributed by atoms with Crippen LogP contribution >= 0.6 is 23.1 Å². The molecule has 0 aliphatic rings. The van der Waals surface area contributed by atoms with Gasteiger partial charge in [-0.1, -0.05) is 44.2 Å². The number of thioether (sulfide) groups is 1. The molecule has 1 N–H and O–H groups in total.